The van der Waals surface area contributed by atoms with Gasteiger partial charge in [-0.05, 0) is 42.3 Å². The molecule has 0 amide bonds. The van der Waals surface area contributed by atoms with Crippen LogP contribution in [0.15, 0.2) is 42.9 Å². The fourth-order valence-corrected chi connectivity index (χ4v) is 1.27. The van der Waals surface area contributed by atoms with Gasteiger partial charge in [-0.15, -0.1) is 24.8 Å². The van der Waals surface area contributed by atoms with Crippen LogP contribution < -0.4 is 0 Å². The molecule has 0 fully saturated rings. The van der Waals surface area contributed by atoms with E-state index < -0.39 is 0 Å². The summed E-state index contributed by atoms with van der Waals surface area (Å²) in [6.07, 6.45) is 5.42. The van der Waals surface area contributed by atoms with Crippen molar-refractivity contribution in [3.63, 3.8) is 0 Å². The van der Waals surface area contributed by atoms with Crippen LogP contribution >= 0.6 is 24.8 Å². The lowest BCUT2D eigenvalue weighted by Gasteiger charge is -2.00. The molecule has 0 saturated carbocycles. The fourth-order valence-electron chi connectivity index (χ4n) is 1.27. The predicted octanol–water partition coefficient (Wildman–Crippen LogP) is 3.30. The summed E-state index contributed by atoms with van der Waals surface area (Å²) in [5, 5.41) is 0. The summed E-state index contributed by atoms with van der Waals surface area (Å²) in [7, 11) is 0. The van der Waals surface area contributed by atoms with Crippen LogP contribution in [0.3, 0.4) is 0 Å². The highest BCUT2D eigenvalue weighted by molar-refractivity contribution is 5.85. The van der Waals surface area contributed by atoms with Crippen molar-refractivity contribution in [3.8, 4) is 11.1 Å². The van der Waals surface area contributed by atoms with E-state index in [-0.39, 0.29) is 24.8 Å². The van der Waals surface area contributed by atoms with E-state index >= 15 is 0 Å². The first-order valence-corrected chi connectivity index (χ1v) is 4.19. The molecular formula is C11H12Cl2N2. The summed E-state index contributed by atoms with van der Waals surface area (Å²) in [6.45, 7) is 1.99. The van der Waals surface area contributed by atoms with E-state index in [0.29, 0.717) is 0 Å². The Labute approximate surface area is 102 Å². The Morgan fingerprint density at radius 2 is 1.47 bits per heavy atom. The Balaban J connectivity index is 0.000000980. The third kappa shape index (κ3) is 3.50. The van der Waals surface area contributed by atoms with Gasteiger partial charge < -0.3 is 0 Å². The zero-order chi connectivity index (χ0) is 9.10. The Morgan fingerprint density at radius 1 is 0.867 bits per heavy atom. The second-order valence-electron chi connectivity index (χ2n) is 2.92. The molecule has 0 aliphatic rings. The number of hydrogen-bond acceptors (Lipinski definition) is 2. The van der Waals surface area contributed by atoms with Gasteiger partial charge >= 0.3 is 0 Å². The molecule has 0 aliphatic carbocycles. The molecule has 2 aromatic rings. The Morgan fingerprint density at radius 3 is 2.07 bits per heavy atom. The van der Waals surface area contributed by atoms with Crippen LogP contribution in [0.4, 0.5) is 0 Å². The van der Waals surface area contributed by atoms with E-state index in [4.69, 9.17) is 0 Å². The average molecular weight is 243 g/mol. The molecular weight excluding hydrogens is 231 g/mol. The van der Waals surface area contributed by atoms with Crippen molar-refractivity contribution in [1.29, 1.82) is 0 Å². The molecule has 0 aliphatic heterocycles. The first kappa shape index (κ1) is 13.9. The molecule has 80 valence electrons. The van der Waals surface area contributed by atoms with E-state index in [9.17, 15) is 0 Å². The lowest BCUT2D eigenvalue weighted by molar-refractivity contribution is 1.20. The number of pyridine rings is 2. The standard InChI is InChI=1S/C11H10N2.2ClH/c1-9-8-11(4-7-13-9)10-2-5-12-6-3-10;;/h2-8H,1H3;2*1H. The van der Waals surface area contributed by atoms with Gasteiger partial charge in [-0.2, -0.15) is 0 Å². The molecule has 2 nitrogen and oxygen atoms in total. The van der Waals surface area contributed by atoms with Crippen LogP contribution in [-0.4, -0.2) is 9.97 Å². The predicted molar refractivity (Wildman–Crippen MR) is 66.7 cm³/mol. The van der Waals surface area contributed by atoms with Gasteiger partial charge in [0, 0.05) is 24.3 Å². The summed E-state index contributed by atoms with van der Waals surface area (Å²) in [5.74, 6) is 0. The molecule has 0 saturated heterocycles. The Hall–Kier alpha value is -1.12. The number of aromatic nitrogens is 2. The van der Waals surface area contributed by atoms with Gasteiger partial charge in [0.25, 0.3) is 0 Å². The third-order valence-electron chi connectivity index (χ3n) is 1.91. The summed E-state index contributed by atoms with van der Waals surface area (Å²) < 4.78 is 0. The van der Waals surface area contributed by atoms with Crippen molar-refractivity contribution in [2.75, 3.05) is 0 Å². The zero-order valence-electron chi connectivity index (χ0n) is 8.25. The number of nitrogens with zero attached hydrogens (tertiary/aromatic N) is 2. The monoisotopic (exact) mass is 242 g/mol. The van der Waals surface area contributed by atoms with Crippen LogP contribution in [0.25, 0.3) is 11.1 Å². The van der Waals surface area contributed by atoms with Crippen molar-refractivity contribution < 1.29 is 0 Å². The lowest BCUT2D eigenvalue weighted by atomic mass is 10.1. The number of rotatable bonds is 1. The first-order chi connectivity index (χ1) is 6.36. The SMILES string of the molecule is Cc1cc(-c2ccncc2)ccn1.Cl.Cl. The second kappa shape index (κ2) is 6.38. The Bertz CT molecular complexity index is 404. The van der Waals surface area contributed by atoms with Crippen LogP contribution in [-0.2, 0) is 0 Å². The van der Waals surface area contributed by atoms with Crippen LogP contribution in [0.2, 0.25) is 0 Å². The van der Waals surface area contributed by atoms with E-state index in [1.54, 1.807) is 12.4 Å². The summed E-state index contributed by atoms with van der Waals surface area (Å²) in [4.78, 5) is 8.13. The van der Waals surface area contributed by atoms with E-state index in [1.165, 1.54) is 11.1 Å². The largest absolute Gasteiger partial charge is 0.265 e. The van der Waals surface area contributed by atoms with Gasteiger partial charge in [0.05, 0.1) is 0 Å². The zero-order valence-corrected chi connectivity index (χ0v) is 9.89. The van der Waals surface area contributed by atoms with Crippen molar-refractivity contribution in [2.24, 2.45) is 0 Å². The Kier molecular flexibility index (Phi) is 5.90. The molecule has 15 heavy (non-hydrogen) atoms. The highest BCUT2D eigenvalue weighted by Crippen LogP contribution is 2.17. The average Bonchev–Trinajstić information content (AvgIpc) is 2.19. The summed E-state index contributed by atoms with van der Waals surface area (Å²) in [5.41, 5.74) is 3.41. The van der Waals surface area contributed by atoms with Gasteiger partial charge in [0.2, 0.25) is 0 Å². The molecule has 0 radical (unpaired) electrons. The van der Waals surface area contributed by atoms with Crippen molar-refractivity contribution in [1.82, 2.24) is 9.97 Å². The lowest BCUT2D eigenvalue weighted by Crippen LogP contribution is -1.82. The van der Waals surface area contributed by atoms with Gasteiger partial charge in [-0.25, -0.2) is 0 Å². The molecule has 0 bridgehead atoms. The summed E-state index contributed by atoms with van der Waals surface area (Å²) >= 11 is 0. The van der Waals surface area contributed by atoms with Gasteiger partial charge in [0.1, 0.15) is 0 Å². The molecule has 0 aromatic carbocycles. The van der Waals surface area contributed by atoms with E-state index in [0.717, 1.165) is 5.69 Å². The van der Waals surface area contributed by atoms with Crippen molar-refractivity contribution in [2.45, 2.75) is 6.92 Å². The maximum Gasteiger partial charge on any atom is 0.0378 e. The molecule has 4 heteroatoms. The van der Waals surface area contributed by atoms with Gasteiger partial charge in [0.15, 0.2) is 0 Å². The third-order valence-corrected chi connectivity index (χ3v) is 1.91. The summed E-state index contributed by atoms with van der Waals surface area (Å²) in [6, 6.07) is 8.06. The molecule has 0 atom stereocenters. The molecule has 0 N–H and O–H groups in total. The maximum absolute atomic E-state index is 4.15. The van der Waals surface area contributed by atoms with Gasteiger partial charge in [-0.3, -0.25) is 9.97 Å². The fraction of sp³-hybridized carbons (Fsp3) is 0.0909. The smallest absolute Gasteiger partial charge is 0.0378 e. The maximum atomic E-state index is 4.15. The van der Waals surface area contributed by atoms with Crippen LogP contribution in [0.1, 0.15) is 5.69 Å². The highest BCUT2D eigenvalue weighted by atomic mass is 35.5. The molecule has 2 aromatic heterocycles. The normalized spacial score (nSPS) is 8.60. The van der Waals surface area contributed by atoms with Crippen molar-refractivity contribution >= 4 is 24.8 Å². The second-order valence-corrected chi connectivity index (χ2v) is 2.92. The highest BCUT2D eigenvalue weighted by Gasteiger charge is 1.95. The number of hydrogen-bond donors (Lipinski definition) is 0. The van der Waals surface area contributed by atoms with Crippen LogP contribution in [0.5, 0.6) is 0 Å². The number of aryl methyl sites for hydroxylation is 1. The minimum absolute atomic E-state index is 0. The quantitative estimate of drug-likeness (QED) is 0.767. The molecule has 2 rings (SSSR count). The molecule has 0 unspecified atom stereocenters. The van der Waals surface area contributed by atoms with Crippen LogP contribution in [0, 0.1) is 6.92 Å². The topological polar surface area (TPSA) is 25.8 Å². The number of halogens is 2. The van der Waals surface area contributed by atoms with E-state index in [2.05, 4.69) is 16.0 Å². The first-order valence-electron chi connectivity index (χ1n) is 4.19. The molecule has 0 spiro atoms. The van der Waals surface area contributed by atoms with Gasteiger partial charge in [-0.1, -0.05) is 0 Å². The minimum Gasteiger partial charge on any atom is -0.265 e. The molecule has 2 heterocycles. The minimum atomic E-state index is 0. The van der Waals surface area contributed by atoms with E-state index in [1.807, 2.05) is 31.3 Å². The van der Waals surface area contributed by atoms with Crippen molar-refractivity contribution in [3.05, 3.63) is 48.5 Å².